The van der Waals surface area contributed by atoms with Crippen LogP contribution >= 0.6 is 0 Å². The molecular formula is C14H18N2. The summed E-state index contributed by atoms with van der Waals surface area (Å²) in [5.41, 5.74) is 2.39. The van der Waals surface area contributed by atoms with Gasteiger partial charge in [-0.2, -0.15) is 5.26 Å². The zero-order chi connectivity index (χ0) is 11.6. The largest absolute Gasteiger partial charge is 0.373 e. The van der Waals surface area contributed by atoms with Gasteiger partial charge < -0.3 is 4.90 Å². The highest BCUT2D eigenvalue weighted by molar-refractivity contribution is 5.48. The average Bonchev–Trinajstić information content (AvgIpc) is 2.23. The number of hydrogen-bond acceptors (Lipinski definition) is 2. The van der Waals surface area contributed by atoms with Crippen LogP contribution in [0.1, 0.15) is 24.8 Å². The SMILES string of the molecule is Cc1cccc(N(C)CC2(C#N)CCC2)c1. The predicted molar refractivity (Wildman–Crippen MR) is 66.3 cm³/mol. The summed E-state index contributed by atoms with van der Waals surface area (Å²) in [6, 6.07) is 10.9. The van der Waals surface area contributed by atoms with Crippen molar-refractivity contribution in [3.05, 3.63) is 29.8 Å². The lowest BCUT2D eigenvalue weighted by Gasteiger charge is -2.39. The Morgan fingerprint density at radius 2 is 2.19 bits per heavy atom. The van der Waals surface area contributed by atoms with Gasteiger partial charge in [-0.1, -0.05) is 18.6 Å². The van der Waals surface area contributed by atoms with Gasteiger partial charge in [-0.3, -0.25) is 0 Å². The van der Waals surface area contributed by atoms with E-state index in [2.05, 4.69) is 49.2 Å². The van der Waals surface area contributed by atoms with Crippen molar-refractivity contribution in [2.45, 2.75) is 26.2 Å². The van der Waals surface area contributed by atoms with Crippen LogP contribution in [0.25, 0.3) is 0 Å². The van der Waals surface area contributed by atoms with Crippen LogP contribution in [0, 0.1) is 23.7 Å². The van der Waals surface area contributed by atoms with Crippen molar-refractivity contribution in [2.75, 3.05) is 18.5 Å². The molecule has 0 unspecified atom stereocenters. The molecule has 16 heavy (non-hydrogen) atoms. The minimum atomic E-state index is -0.0848. The van der Waals surface area contributed by atoms with Crippen LogP contribution < -0.4 is 4.90 Å². The number of anilines is 1. The summed E-state index contributed by atoms with van der Waals surface area (Å²) < 4.78 is 0. The minimum absolute atomic E-state index is 0.0848. The maximum absolute atomic E-state index is 9.21. The minimum Gasteiger partial charge on any atom is -0.373 e. The second-order valence-electron chi connectivity index (χ2n) is 4.94. The number of nitrogens with zero attached hydrogens (tertiary/aromatic N) is 2. The van der Waals surface area contributed by atoms with Crippen LogP contribution in [0.4, 0.5) is 5.69 Å². The molecule has 0 aliphatic heterocycles. The van der Waals surface area contributed by atoms with E-state index in [9.17, 15) is 5.26 Å². The van der Waals surface area contributed by atoms with Crippen molar-refractivity contribution in [2.24, 2.45) is 5.41 Å². The molecular weight excluding hydrogens is 196 g/mol. The third kappa shape index (κ3) is 2.04. The summed E-state index contributed by atoms with van der Waals surface area (Å²) >= 11 is 0. The Kier molecular flexibility index (Phi) is 2.87. The maximum atomic E-state index is 9.21. The van der Waals surface area contributed by atoms with E-state index in [1.807, 2.05) is 0 Å². The molecule has 1 aromatic carbocycles. The van der Waals surface area contributed by atoms with Crippen LogP contribution in [0.2, 0.25) is 0 Å². The van der Waals surface area contributed by atoms with Gasteiger partial charge in [-0.15, -0.1) is 0 Å². The highest BCUT2D eigenvalue weighted by Gasteiger charge is 2.38. The number of hydrogen-bond donors (Lipinski definition) is 0. The van der Waals surface area contributed by atoms with E-state index < -0.39 is 0 Å². The summed E-state index contributed by atoms with van der Waals surface area (Å²) in [5.74, 6) is 0. The van der Waals surface area contributed by atoms with Crippen molar-refractivity contribution in [3.8, 4) is 6.07 Å². The fourth-order valence-electron chi connectivity index (χ4n) is 2.32. The van der Waals surface area contributed by atoms with Gasteiger partial charge in [-0.25, -0.2) is 0 Å². The normalized spacial score (nSPS) is 17.3. The Morgan fingerprint density at radius 1 is 1.44 bits per heavy atom. The molecule has 0 atom stereocenters. The zero-order valence-corrected chi connectivity index (χ0v) is 10.0. The Hall–Kier alpha value is -1.49. The van der Waals surface area contributed by atoms with E-state index in [1.165, 1.54) is 17.7 Å². The van der Waals surface area contributed by atoms with E-state index >= 15 is 0 Å². The highest BCUT2D eigenvalue weighted by Crippen LogP contribution is 2.41. The molecule has 1 fully saturated rings. The Morgan fingerprint density at radius 3 is 2.69 bits per heavy atom. The second-order valence-corrected chi connectivity index (χ2v) is 4.94. The van der Waals surface area contributed by atoms with Crippen molar-refractivity contribution in [3.63, 3.8) is 0 Å². The van der Waals surface area contributed by atoms with Gasteiger partial charge in [0.25, 0.3) is 0 Å². The lowest BCUT2D eigenvalue weighted by Crippen LogP contribution is -2.39. The van der Waals surface area contributed by atoms with Crippen LogP contribution in [0.5, 0.6) is 0 Å². The van der Waals surface area contributed by atoms with Gasteiger partial charge in [0, 0.05) is 19.3 Å². The second kappa shape index (κ2) is 4.17. The van der Waals surface area contributed by atoms with Crippen molar-refractivity contribution >= 4 is 5.69 Å². The Labute approximate surface area is 97.5 Å². The number of aryl methyl sites for hydroxylation is 1. The molecule has 0 saturated heterocycles. The van der Waals surface area contributed by atoms with E-state index in [1.54, 1.807) is 0 Å². The molecule has 0 radical (unpaired) electrons. The molecule has 2 nitrogen and oxygen atoms in total. The van der Waals surface area contributed by atoms with Gasteiger partial charge in [0.1, 0.15) is 0 Å². The molecule has 1 aliphatic carbocycles. The van der Waals surface area contributed by atoms with Gasteiger partial charge in [0.15, 0.2) is 0 Å². The number of benzene rings is 1. The smallest absolute Gasteiger partial charge is 0.0748 e. The van der Waals surface area contributed by atoms with E-state index in [0.29, 0.717) is 0 Å². The van der Waals surface area contributed by atoms with E-state index in [4.69, 9.17) is 0 Å². The first-order valence-corrected chi connectivity index (χ1v) is 5.84. The molecule has 84 valence electrons. The van der Waals surface area contributed by atoms with E-state index in [-0.39, 0.29) is 5.41 Å². The first-order valence-electron chi connectivity index (χ1n) is 5.84. The summed E-state index contributed by atoms with van der Waals surface area (Å²) in [5, 5.41) is 9.21. The lowest BCUT2D eigenvalue weighted by molar-refractivity contribution is 0.223. The predicted octanol–water partition coefficient (Wildman–Crippen LogP) is 3.13. The molecule has 1 aliphatic rings. The molecule has 1 aromatic rings. The van der Waals surface area contributed by atoms with Crippen LogP contribution in [-0.4, -0.2) is 13.6 Å². The van der Waals surface area contributed by atoms with Crippen LogP contribution in [-0.2, 0) is 0 Å². The first kappa shape index (κ1) is 11.0. The van der Waals surface area contributed by atoms with E-state index in [0.717, 1.165) is 19.4 Å². The fraction of sp³-hybridized carbons (Fsp3) is 0.500. The maximum Gasteiger partial charge on any atom is 0.0748 e. The molecule has 0 bridgehead atoms. The van der Waals surface area contributed by atoms with Crippen LogP contribution in [0.3, 0.4) is 0 Å². The van der Waals surface area contributed by atoms with Crippen LogP contribution in [0.15, 0.2) is 24.3 Å². The van der Waals surface area contributed by atoms with Gasteiger partial charge in [0.05, 0.1) is 11.5 Å². The Balaban J connectivity index is 2.08. The third-order valence-electron chi connectivity index (χ3n) is 3.53. The molecule has 0 spiro atoms. The summed E-state index contributed by atoms with van der Waals surface area (Å²) in [4.78, 5) is 2.20. The first-order chi connectivity index (χ1) is 7.65. The molecule has 0 aromatic heterocycles. The van der Waals surface area contributed by atoms with Crippen molar-refractivity contribution in [1.82, 2.24) is 0 Å². The molecule has 0 N–H and O–H groups in total. The monoisotopic (exact) mass is 214 g/mol. The third-order valence-corrected chi connectivity index (χ3v) is 3.53. The number of nitriles is 1. The Bertz CT molecular complexity index is 413. The average molecular weight is 214 g/mol. The summed E-state index contributed by atoms with van der Waals surface area (Å²) in [6.07, 6.45) is 3.31. The topological polar surface area (TPSA) is 27.0 Å². The molecule has 1 saturated carbocycles. The standard InChI is InChI=1S/C14H18N2/c1-12-5-3-6-13(9-12)16(2)11-14(10-15)7-4-8-14/h3,5-6,9H,4,7-8,11H2,1-2H3. The zero-order valence-electron chi connectivity index (χ0n) is 10.0. The highest BCUT2D eigenvalue weighted by atomic mass is 15.1. The van der Waals surface area contributed by atoms with Crippen molar-refractivity contribution in [1.29, 1.82) is 5.26 Å². The molecule has 2 rings (SSSR count). The van der Waals surface area contributed by atoms with Gasteiger partial charge >= 0.3 is 0 Å². The molecule has 2 heteroatoms. The van der Waals surface area contributed by atoms with Gasteiger partial charge in [-0.05, 0) is 37.5 Å². The van der Waals surface area contributed by atoms with Gasteiger partial charge in [0.2, 0.25) is 0 Å². The molecule has 0 amide bonds. The quantitative estimate of drug-likeness (QED) is 0.773. The van der Waals surface area contributed by atoms with Crippen molar-refractivity contribution < 1.29 is 0 Å². The lowest BCUT2D eigenvalue weighted by atomic mass is 9.69. The summed E-state index contributed by atoms with van der Waals surface area (Å²) in [7, 11) is 2.08. The summed E-state index contributed by atoms with van der Waals surface area (Å²) in [6.45, 7) is 2.95. The fourth-order valence-corrected chi connectivity index (χ4v) is 2.32. The number of rotatable bonds is 3. The molecule has 0 heterocycles.